The molecular formula is C24H36ClN3O2S. The van der Waals surface area contributed by atoms with E-state index in [0.717, 1.165) is 53.4 Å². The average Bonchev–Trinajstić information content (AvgIpc) is 3.48. The molecule has 3 aliphatic carbocycles. The van der Waals surface area contributed by atoms with Crippen molar-refractivity contribution in [2.24, 2.45) is 28.9 Å². The molecule has 5 unspecified atom stereocenters. The van der Waals surface area contributed by atoms with Gasteiger partial charge in [-0.1, -0.05) is 37.6 Å². The van der Waals surface area contributed by atoms with Gasteiger partial charge in [0.1, 0.15) is 6.29 Å². The summed E-state index contributed by atoms with van der Waals surface area (Å²) in [6, 6.07) is 6.36. The van der Waals surface area contributed by atoms with Crippen LogP contribution in [0.1, 0.15) is 57.9 Å². The summed E-state index contributed by atoms with van der Waals surface area (Å²) in [4.78, 5) is 23.4. The van der Waals surface area contributed by atoms with Crippen molar-refractivity contribution >= 4 is 35.7 Å². The fourth-order valence-electron chi connectivity index (χ4n) is 5.48. The van der Waals surface area contributed by atoms with Crippen molar-refractivity contribution in [3.05, 3.63) is 28.8 Å². The summed E-state index contributed by atoms with van der Waals surface area (Å²) in [5.74, 6) is 1.96. The maximum atomic E-state index is 11.6. The van der Waals surface area contributed by atoms with Gasteiger partial charge in [-0.3, -0.25) is 4.79 Å². The Kier molecular flexibility index (Phi) is 7.78. The highest BCUT2D eigenvalue weighted by Crippen LogP contribution is 2.50. The number of carbonyl (C=O) groups excluding carboxylic acids is 2. The van der Waals surface area contributed by atoms with Crippen molar-refractivity contribution in [1.29, 1.82) is 0 Å². The van der Waals surface area contributed by atoms with Crippen molar-refractivity contribution in [2.75, 3.05) is 7.05 Å². The van der Waals surface area contributed by atoms with Gasteiger partial charge in [0.25, 0.3) is 0 Å². The monoisotopic (exact) mass is 465 g/mol. The van der Waals surface area contributed by atoms with E-state index < -0.39 is 0 Å². The van der Waals surface area contributed by atoms with Crippen LogP contribution in [0.15, 0.2) is 23.1 Å². The second kappa shape index (κ2) is 9.82. The van der Waals surface area contributed by atoms with Gasteiger partial charge in [0.2, 0.25) is 5.91 Å². The smallest absolute Gasteiger partial charge is 0.223 e. The first kappa shape index (κ1) is 24.6. The van der Waals surface area contributed by atoms with Crippen LogP contribution in [0.25, 0.3) is 0 Å². The van der Waals surface area contributed by atoms with Crippen LogP contribution in [0.3, 0.4) is 0 Å². The lowest BCUT2D eigenvalue weighted by atomic mass is 9.57. The molecule has 0 spiro atoms. The zero-order valence-electron chi connectivity index (χ0n) is 19.0. The zero-order chi connectivity index (χ0) is 22.8. The second-order valence-corrected chi connectivity index (χ2v) is 11.3. The lowest BCUT2D eigenvalue weighted by molar-refractivity contribution is -0.132. The van der Waals surface area contributed by atoms with E-state index in [1.54, 1.807) is 0 Å². The van der Waals surface area contributed by atoms with E-state index in [1.807, 2.05) is 32.2 Å². The van der Waals surface area contributed by atoms with Crippen LogP contribution in [0.2, 0.25) is 5.02 Å². The Balaban J connectivity index is 0.000000176. The van der Waals surface area contributed by atoms with Gasteiger partial charge < -0.3 is 15.8 Å². The Morgan fingerprint density at radius 3 is 2.55 bits per heavy atom. The van der Waals surface area contributed by atoms with E-state index >= 15 is 0 Å². The number of aldehydes is 1. The van der Waals surface area contributed by atoms with Gasteiger partial charge in [-0.15, -0.1) is 0 Å². The van der Waals surface area contributed by atoms with Gasteiger partial charge in [0, 0.05) is 16.4 Å². The summed E-state index contributed by atoms with van der Waals surface area (Å²) >= 11 is 7.53. The molecule has 1 aromatic carbocycles. The molecule has 2 bridgehead atoms. The molecular weight excluding hydrogens is 430 g/mol. The molecule has 1 aromatic rings. The van der Waals surface area contributed by atoms with Crippen LogP contribution in [0.5, 0.6) is 0 Å². The minimum absolute atomic E-state index is 0.105. The predicted octanol–water partition coefficient (Wildman–Crippen LogP) is 4.50. The molecule has 5 atom stereocenters. The molecule has 4 rings (SSSR count). The van der Waals surface area contributed by atoms with Crippen LogP contribution >= 0.6 is 23.5 Å². The summed E-state index contributed by atoms with van der Waals surface area (Å²) in [5.41, 5.74) is 6.14. The molecule has 3 aliphatic rings. The van der Waals surface area contributed by atoms with E-state index in [1.165, 1.54) is 24.8 Å². The number of carbonyl (C=O) groups is 2. The van der Waals surface area contributed by atoms with E-state index in [9.17, 15) is 9.59 Å². The maximum Gasteiger partial charge on any atom is 0.223 e. The molecule has 0 heterocycles. The molecule has 5 nitrogen and oxygen atoms in total. The van der Waals surface area contributed by atoms with Crippen LogP contribution in [-0.4, -0.2) is 30.8 Å². The number of amides is 1. The lowest BCUT2D eigenvalue weighted by Crippen LogP contribution is -2.52. The molecule has 3 fully saturated rings. The Bertz CT molecular complexity index is 794. The molecule has 0 radical (unpaired) electrons. The third-order valence-electron chi connectivity index (χ3n) is 7.38. The molecule has 0 aromatic heterocycles. The molecule has 3 saturated carbocycles. The van der Waals surface area contributed by atoms with Gasteiger partial charge in [-0.2, -0.15) is 0 Å². The Labute approximate surface area is 195 Å². The highest BCUT2D eigenvalue weighted by Gasteiger charge is 2.47. The predicted molar refractivity (Wildman–Crippen MR) is 128 cm³/mol. The third-order valence-corrected chi connectivity index (χ3v) is 9.06. The molecule has 31 heavy (non-hydrogen) atoms. The summed E-state index contributed by atoms with van der Waals surface area (Å²) < 4.78 is 3.18. The largest absolute Gasteiger partial charge is 0.369 e. The Hall–Kier alpha value is -1.08. The first-order valence-corrected chi connectivity index (χ1v) is 12.4. The first-order chi connectivity index (χ1) is 14.6. The average molecular weight is 466 g/mol. The number of hydrogen-bond donors (Lipinski definition) is 3. The molecule has 7 heteroatoms. The number of halogens is 1. The van der Waals surface area contributed by atoms with Crippen LogP contribution < -0.4 is 15.8 Å². The van der Waals surface area contributed by atoms with Gasteiger partial charge in [-0.25, -0.2) is 4.72 Å². The fraction of sp³-hybridized carbons (Fsp3) is 0.667. The quantitative estimate of drug-likeness (QED) is 0.425. The SMILES string of the molecule is CNC1C(C)CC2CC1CC(C)(C(N)=O)C2.Cc1cccc(Cl)c1SNC1(C=O)CC1. The Morgan fingerprint density at radius 2 is 2.00 bits per heavy atom. The lowest BCUT2D eigenvalue weighted by Gasteiger charge is -2.49. The molecule has 1 amide bonds. The molecule has 172 valence electrons. The minimum atomic E-state index is -0.295. The summed E-state index contributed by atoms with van der Waals surface area (Å²) in [7, 11) is 2.04. The number of fused-ring (bicyclic) bond motifs is 2. The fourth-order valence-corrected chi connectivity index (χ4v) is 6.77. The summed E-state index contributed by atoms with van der Waals surface area (Å²) in [5, 5.41) is 4.16. The standard InChI is InChI=1S/C13H24N2O.C11H12ClNOS/c1-8-4-9-5-10(11(8)15-3)7-13(2,6-9)12(14)16;1-8-3-2-4-9(12)10(8)15-13-11(7-14)5-6-11/h8-11,15H,4-7H2,1-3H3,(H2,14,16);2-4,7,13H,5-6H2,1H3. The van der Waals surface area contributed by atoms with Gasteiger partial charge in [0.15, 0.2) is 0 Å². The number of benzene rings is 1. The highest BCUT2D eigenvalue weighted by atomic mass is 35.5. The van der Waals surface area contributed by atoms with Crippen molar-refractivity contribution in [1.82, 2.24) is 10.0 Å². The molecule has 0 aliphatic heterocycles. The normalized spacial score (nSPS) is 33.1. The van der Waals surface area contributed by atoms with E-state index in [-0.39, 0.29) is 16.9 Å². The maximum absolute atomic E-state index is 11.6. The van der Waals surface area contributed by atoms with Crippen molar-refractivity contribution in [3.63, 3.8) is 0 Å². The number of aryl methyl sites for hydroxylation is 1. The number of nitrogens with two attached hydrogens (primary N) is 1. The highest BCUT2D eigenvalue weighted by molar-refractivity contribution is 7.97. The second-order valence-electron chi connectivity index (χ2n) is 10.1. The number of rotatable bonds is 6. The number of hydrogen-bond acceptors (Lipinski definition) is 5. The molecule has 4 N–H and O–H groups in total. The Morgan fingerprint density at radius 1 is 1.29 bits per heavy atom. The summed E-state index contributed by atoms with van der Waals surface area (Å²) in [6.07, 6.45) is 7.32. The zero-order valence-corrected chi connectivity index (χ0v) is 20.6. The third kappa shape index (κ3) is 5.65. The van der Waals surface area contributed by atoms with Gasteiger partial charge in [-0.05, 0) is 93.8 Å². The van der Waals surface area contributed by atoms with E-state index in [0.29, 0.717) is 17.9 Å². The first-order valence-electron chi connectivity index (χ1n) is 11.3. The van der Waals surface area contributed by atoms with E-state index in [4.69, 9.17) is 17.3 Å². The van der Waals surface area contributed by atoms with Gasteiger partial charge >= 0.3 is 0 Å². The van der Waals surface area contributed by atoms with Crippen LogP contribution in [0.4, 0.5) is 0 Å². The van der Waals surface area contributed by atoms with Crippen LogP contribution in [-0.2, 0) is 9.59 Å². The van der Waals surface area contributed by atoms with Crippen molar-refractivity contribution in [3.8, 4) is 0 Å². The number of primary amides is 1. The summed E-state index contributed by atoms with van der Waals surface area (Å²) in [6.45, 7) is 6.39. The topological polar surface area (TPSA) is 84.2 Å². The molecule has 0 saturated heterocycles. The number of nitrogens with one attached hydrogen (secondary N) is 2. The van der Waals surface area contributed by atoms with Crippen LogP contribution in [0, 0.1) is 30.1 Å². The van der Waals surface area contributed by atoms with Crippen molar-refractivity contribution < 1.29 is 9.59 Å². The van der Waals surface area contributed by atoms with Crippen molar-refractivity contribution in [2.45, 2.75) is 75.8 Å². The van der Waals surface area contributed by atoms with E-state index in [2.05, 4.69) is 23.9 Å². The van der Waals surface area contributed by atoms with Gasteiger partial charge in [0.05, 0.1) is 10.6 Å². The minimum Gasteiger partial charge on any atom is -0.369 e.